The van der Waals surface area contributed by atoms with E-state index in [0.29, 0.717) is 22.7 Å². The predicted molar refractivity (Wildman–Crippen MR) is 79.3 cm³/mol. The van der Waals surface area contributed by atoms with Gasteiger partial charge in [0.25, 0.3) is 0 Å². The zero-order valence-electron chi connectivity index (χ0n) is 11.7. The number of anilines is 1. The van der Waals surface area contributed by atoms with Crippen LogP contribution in [0.1, 0.15) is 21.6 Å². The molecule has 0 unspecified atom stereocenters. The molecule has 3 rings (SSSR count). The molecule has 0 bridgehead atoms. The third-order valence-corrected chi connectivity index (χ3v) is 3.37. The molecule has 0 atom stereocenters. The maximum atomic E-state index is 11.4. The molecule has 0 spiro atoms. The molecule has 0 fully saturated rings. The highest BCUT2D eigenvalue weighted by Crippen LogP contribution is 2.22. The molecule has 2 aromatic heterocycles. The number of aromatic nitrogens is 3. The van der Waals surface area contributed by atoms with E-state index in [2.05, 4.69) is 10.1 Å². The van der Waals surface area contributed by atoms with Crippen molar-refractivity contribution in [3.8, 4) is 11.4 Å². The average molecular weight is 282 g/mol. The monoisotopic (exact) mass is 282 g/mol. The summed E-state index contributed by atoms with van der Waals surface area (Å²) in [5.74, 6) is -0.528. The molecular weight excluding hydrogens is 268 g/mol. The Morgan fingerprint density at radius 2 is 1.90 bits per heavy atom. The van der Waals surface area contributed by atoms with E-state index >= 15 is 0 Å². The van der Waals surface area contributed by atoms with Gasteiger partial charge in [0.2, 0.25) is 0 Å². The summed E-state index contributed by atoms with van der Waals surface area (Å²) in [5.41, 5.74) is 9.14. The molecule has 6 nitrogen and oxygen atoms in total. The van der Waals surface area contributed by atoms with Gasteiger partial charge in [-0.1, -0.05) is 0 Å². The zero-order valence-corrected chi connectivity index (χ0v) is 11.7. The highest BCUT2D eigenvalue weighted by molar-refractivity contribution is 5.96. The van der Waals surface area contributed by atoms with Crippen molar-refractivity contribution < 1.29 is 9.90 Å². The van der Waals surface area contributed by atoms with Crippen LogP contribution in [0.3, 0.4) is 0 Å². The number of nitrogens with two attached hydrogens (primary N) is 1. The molecule has 0 aliphatic heterocycles. The summed E-state index contributed by atoms with van der Waals surface area (Å²) >= 11 is 0. The maximum absolute atomic E-state index is 11.4. The lowest BCUT2D eigenvalue weighted by molar-refractivity contribution is 0.0697. The number of nitrogen functional groups attached to an aromatic ring is 1. The van der Waals surface area contributed by atoms with Gasteiger partial charge in [0.05, 0.1) is 0 Å². The van der Waals surface area contributed by atoms with Crippen LogP contribution in [0.4, 0.5) is 5.69 Å². The SMILES string of the molecule is Cc1cc(C)n2nc(-c3ccc(N)cc3)nc2c1C(=O)O. The first-order valence-corrected chi connectivity index (χ1v) is 6.43. The van der Waals surface area contributed by atoms with Gasteiger partial charge in [-0.3, -0.25) is 0 Å². The molecule has 6 heteroatoms. The van der Waals surface area contributed by atoms with Gasteiger partial charge in [-0.2, -0.15) is 0 Å². The topological polar surface area (TPSA) is 93.5 Å². The van der Waals surface area contributed by atoms with E-state index in [1.807, 2.05) is 19.1 Å². The Morgan fingerprint density at radius 1 is 1.24 bits per heavy atom. The minimum absolute atomic E-state index is 0.176. The molecule has 3 N–H and O–H groups in total. The quantitative estimate of drug-likeness (QED) is 0.703. The molecule has 0 amide bonds. The fourth-order valence-electron chi connectivity index (χ4n) is 2.36. The summed E-state index contributed by atoms with van der Waals surface area (Å²) in [6.45, 7) is 3.63. The van der Waals surface area contributed by atoms with E-state index in [0.717, 1.165) is 11.3 Å². The van der Waals surface area contributed by atoms with Crippen molar-refractivity contribution in [2.45, 2.75) is 13.8 Å². The number of benzene rings is 1. The number of carboxylic acids is 1. The van der Waals surface area contributed by atoms with Gasteiger partial charge in [0, 0.05) is 16.9 Å². The second-order valence-corrected chi connectivity index (χ2v) is 4.94. The molecule has 21 heavy (non-hydrogen) atoms. The van der Waals surface area contributed by atoms with Crippen molar-refractivity contribution in [2.24, 2.45) is 0 Å². The third-order valence-electron chi connectivity index (χ3n) is 3.37. The molecule has 3 aromatic rings. The van der Waals surface area contributed by atoms with E-state index < -0.39 is 5.97 Å². The normalized spacial score (nSPS) is 11.0. The molecule has 0 aliphatic rings. The first-order valence-electron chi connectivity index (χ1n) is 6.43. The van der Waals surface area contributed by atoms with E-state index in [1.165, 1.54) is 0 Å². The van der Waals surface area contributed by atoms with E-state index in [1.54, 1.807) is 29.6 Å². The van der Waals surface area contributed by atoms with Crippen LogP contribution in [-0.4, -0.2) is 25.7 Å². The second kappa shape index (κ2) is 4.59. The fourth-order valence-corrected chi connectivity index (χ4v) is 2.36. The summed E-state index contributed by atoms with van der Waals surface area (Å²) < 4.78 is 1.56. The first-order chi connectivity index (χ1) is 9.97. The highest BCUT2D eigenvalue weighted by atomic mass is 16.4. The van der Waals surface area contributed by atoms with Crippen LogP contribution in [0.5, 0.6) is 0 Å². The summed E-state index contributed by atoms with van der Waals surface area (Å²) in [6, 6.07) is 8.94. The molecule has 0 aliphatic carbocycles. The van der Waals surface area contributed by atoms with E-state index in [4.69, 9.17) is 5.73 Å². The third kappa shape index (κ3) is 2.10. The van der Waals surface area contributed by atoms with Crippen molar-refractivity contribution in [3.63, 3.8) is 0 Å². The Kier molecular flexibility index (Phi) is 2.86. The molecular formula is C15H14N4O2. The first kappa shape index (κ1) is 13.1. The fraction of sp³-hybridized carbons (Fsp3) is 0.133. The lowest BCUT2D eigenvalue weighted by Gasteiger charge is -2.04. The largest absolute Gasteiger partial charge is 0.478 e. The van der Waals surface area contributed by atoms with Crippen LogP contribution in [0.2, 0.25) is 0 Å². The minimum Gasteiger partial charge on any atom is -0.478 e. The minimum atomic E-state index is -1.01. The number of aryl methyl sites for hydroxylation is 2. The summed E-state index contributed by atoms with van der Waals surface area (Å²) in [4.78, 5) is 15.8. The van der Waals surface area contributed by atoms with Crippen molar-refractivity contribution in [1.82, 2.24) is 14.6 Å². The van der Waals surface area contributed by atoms with Crippen LogP contribution in [-0.2, 0) is 0 Å². The summed E-state index contributed by atoms with van der Waals surface area (Å²) in [7, 11) is 0. The molecule has 106 valence electrons. The van der Waals surface area contributed by atoms with Crippen molar-refractivity contribution >= 4 is 17.3 Å². The Bertz CT molecular complexity index is 850. The van der Waals surface area contributed by atoms with Crippen LogP contribution >= 0.6 is 0 Å². The summed E-state index contributed by atoms with van der Waals surface area (Å²) in [6.07, 6.45) is 0. The predicted octanol–water partition coefficient (Wildman–Crippen LogP) is 2.29. The van der Waals surface area contributed by atoms with Crippen LogP contribution in [0, 0.1) is 13.8 Å². The van der Waals surface area contributed by atoms with Gasteiger partial charge >= 0.3 is 5.97 Å². The summed E-state index contributed by atoms with van der Waals surface area (Å²) in [5, 5.41) is 13.8. The number of nitrogens with zero attached hydrogens (tertiary/aromatic N) is 3. The Labute approximate surface area is 120 Å². The van der Waals surface area contributed by atoms with Gasteiger partial charge in [-0.25, -0.2) is 14.3 Å². The Hall–Kier alpha value is -2.89. The van der Waals surface area contributed by atoms with Gasteiger partial charge < -0.3 is 10.8 Å². The van der Waals surface area contributed by atoms with Crippen LogP contribution in [0.15, 0.2) is 30.3 Å². The number of hydrogen-bond donors (Lipinski definition) is 2. The zero-order chi connectivity index (χ0) is 15.1. The van der Waals surface area contributed by atoms with Crippen molar-refractivity contribution in [2.75, 3.05) is 5.73 Å². The molecule has 0 saturated carbocycles. The highest BCUT2D eigenvalue weighted by Gasteiger charge is 2.18. The maximum Gasteiger partial charge on any atom is 0.339 e. The number of hydrogen-bond acceptors (Lipinski definition) is 4. The number of carboxylic acid groups (broad SMARTS) is 1. The second-order valence-electron chi connectivity index (χ2n) is 4.94. The lowest BCUT2D eigenvalue weighted by Crippen LogP contribution is -2.06. The number of rotatable bonds is 2. The van der Waals surface area contributed by atoms with E-state index in [9.17, 15) is 9.90 Å². The lowest BCUT2D eigenvalue weighted by atomic mass is 10.1. The van der Waals surface area contributed by atoms with Crippen molar-refractivity contribution in [1.29, 1.82) is 0 Å². The average Bonchev–Trinajstić information content (AvgIpc) is 2.84. The van der Waals surface area contributed by atoms with Gasteiger partial charge in [0.1, 0.15) is 5.56 Å². The Morgan fingerprint density at radius 3 is 2.52 bits per heavy atom. The molecule has 1 aromatic carbocycles. The smallest absolute Gasteiger partial charge is 0.339 e. The van der Waals surface area contributed by atoms with E-state index in [-0.39, 0.29) is 5.56 Å². The molecule has 2 heterocycles. The number of fused-ring (bicyclic) bond motifs is 1. The standard InChI is InChI=1S/C15H14N4O2/c1-8-7-9(2)19-14(12(8)15(20)21)17-13(18-19)10-3-5-11(16)6-4-10/h3-7H,16H2,1-2H3,(H,20,21). The Balaban J connectivity index is 2.29. The molecule has 0 radical (unpaired) electrons. The van der Waals surface area contributed by atoms with Gasteiger partial charge in [-0.05, 0) is 49.7 Å². The number of pyridine rings is 1. The number of aromatic carboxylic acids is 1. The number of carbonyl (C=O) groups is 1. The van der Waals surface area contributed by atoms with Gasteiger partial charge in [0.15, 0.2) is 11.5 Å². The van der Waals surface area contributed by atoms with Gasteiger partial charge in [-0.15, -0.1) is 5.10 Å². The van der Waals surface area contributed by atoms with Crippen LogP contribution in [0.25, 0.3) is 17.0 Å². The molecule has 0 saturated heterocycles. The van der Waals surface area contributed by atoms with Crippen LogP contribution < -0.4 is 5.73 Å². The van der Waals surface area contributed by atoms with Crippen molar-refractivity contribution in [3.05, 3.63) is 47.2 Å².